The second kappa shape index (κ2) is 7.16. The fraction of sp³-hybridized carbons (Fsp3) is 0.923. The van der Waals surface area contributed by atoms with E-state index in [0.29, 0.717) is 6.42 Å². The Balaban J connectivity index is 4.52. The summed E-state index contributed by atoms with van der Waals surface area (Å²) in [6.45, 7) is 8.20. The fourth-order valence-corrected chi connectivity index (χ4v) is 2.45. The van der Waals surface area contributed by atoms with Gasteiger partial charge in [-0.05, 0) is 34.1 Å². The third kappa shape index (κ3) is 8.57. The molecule has 0 aliphatic carbocycles. The minimum Gasteiger partial charge on any atom is -0.463 e. The molecule has 0 atom stereocenters. The summed E-state index contributed by atoms with van der Waals surface area (Å²) in [6, 6.07) is 0. The summed E-state index contributed by atoms with van der Waals surface area (Å²) in [4.78, 5) is 11.8. The highest BCUT2D eigenvalue weighted by Crippen LogP contribution is 2.22. The summed E-state index contributed by atoms with van der Waals surface area (Å²) in [7, 11) is -4.32. The van der Waals surface area contributed by atoms with Gasteiger partial charge < -0.3 is 4.74 Å². The van der Waals surface area contributed by atoms with Gasteiger partial charge in [0, 0.05) is 5.54 Å². The molecule has 5 nitrogen and oxygen atoms in total. The molecule has 0 heterocycles. The van der Waals surface area contributed by atoms with E-state index in [1.807, 2.05) is 6.92 Å². The highest BCUT2D eigenvalue weighted by molar-refractivity contribution is 7.91. The summed E-state index contributed by atoms with van der Waals surface area (Å²) >= 11 is 0. The molecule has 0 fully saturated rings. The molecule has 0 aromatic carbocycles. The molecule has 132 valence electrons. The van der Waals surface area contributed by atoms with Crippen LogP contribution < -0.4 is 5.32 Å². The van der Waals surface area contributed by atoms with Crippen LogP contribution in [0.5, 0.6) is 0 Å². The number of nitrogens with one attached hydrogen (secondary N) is 1. The summed E-state index contributed by atoms with van der Waals surface area (Å²) in [5, 5.41) is 2.48. The van der Waals surface area contributed by atoms with Crippen LogP contribution in [-0.2, 0) is 19.4 Å². The average Bonchev–Trinajstić information content (AvgIpc) is 2.31. The van der Waals surface area contributed by atoms with E-state index >= 15 is 0 Å². The maximum atomic E-state index is 12.1. The van der Waals surface area contributed by atoms with Gasteiger partial charge in [0.15, 0.2) is 9.84 Å². The summed E-state index contributed by atoms with van der Waals surface area (Å²) in [5.41, 5.74) is -1.63. The van der Waals surface area contributed by atoms with Gasteiger partial charge in [-0.25, -0.2) is 8.42 Å². The van der Waals surface area contributed by atoms with E-state index in [1.54, 1.807) is 27.7 Å². The lowest BCUT2D eigenvalue weighted by atomic mass is 9.90. The summed E-state index contributed by atoms with van der Waals surface area (Å²) in [5.74, 6) is -3.16. The fourth-order valence-electron chi connectivity index (χ4n) is 1.24. The largest absolute Gasteiger partial charge is 0.463 e. The average molecular weight is 347 g/mol. The third-order valence-electron chi connectivity index (χ3n) is 3.15. The van der Waals surface area contributed by atoms with Crippen LogP contribution >= 0.6 is 0 Å². The van der Waals surface area contributed by atoms with Crippen molar-refractivity contribution in [2.45, 2.75) is 52.8 Å². The number of carbonyl (C=O) groups excluding carboxylic acids is 1. The predicted molar refractivity (Wildman–Crippen MR) is 77.0 cm³/mol. The first kappa shape index (κ1) is 21.2. The lowest BCUT2D eigenvalue weighted by Gasteiger charge is -2.28. The third-order valence-corrected chi connectivity index (χ3v) is 4.51. The van der Waals surface area contributed by atoms with Gasteiger partial charge >= 0.3 is 12.1 Å². The molecule has 0 aliphatic heterocycles. The van der Waals surface area contributed by atoms with Crippen molar-refractivity contribution in [1.82, 2.24) is 5.32 Å². The molecule has 0 aromatic heterocycles. The Morgan fingerprint density at radius 2 is 1.64 bits per heavy atom. The summed E-state index contributed by atoms with van der Waals surface area (Å²) in [6.07, 6.45) is -4.21. The van der Waals surface area contributed by atoms with Crippen molar-refractivity contribution >= 4 is 15.8 Å². The molecule has 22 heavy (non-hydrogen) atoms. The Morgan fingerprint density at radius 1 is 1.14 bits per heavy atom. The standard InChI is InChI=1S/C13H24F3NO4S/c1-6-11(2,3)10(18)21-7-12(4,5)17-9-22(19,20)8-13(14,15)16/h17H,6-9H2,1-5H3. The molecule has 0 saturated heterocycles. The van der Waals surface area contributed by atoms with E-state index in [0.717, 1.165) is 0 Å². The van der Waals surface area contributed by atoms with E-state index in [2.05, 4.69) is 5.32 Å². The Bertz CT molecular complexity index is 484. The first-order chi connectivity index (χ1) is 9.60. The van der Waals surface area contributed by atoms with Gasteiger partial charge in [-0.15, -0.1) is 0 Å². The second-order valence-electron chi connectivity index (χ2n) is 6.52. The first-order valence-corrected chi connectivity index (χ1v) is 8.62. The Morgan fingerprint density at radius 3 is 2.05 bits per heavy atom. The molecule has 0 saturated carbocycles. The molecular weight excluding hydrogens is 323 g/mol. The number of ether oxygens (including phenoxy) is 1. The minimum atomic E-state index is -4.78. The highest BCUT2D eigenvalue weighted by Gasteiger charge is 2.36. The van der Waals surface area contributed by atoms with Gasteiger partial charge in [0.1, 0.15) is 18.2 Å². The number of halogens is 3. The van der Waals surface area contributed by atoms with Gasteiger partial charge in [0.05, 0.1) is 5.41 Å². The molecule has 0 spiro atoms. The molecule has 0 amide bonds. The molecule has 9 heteroatoms. The van der Waals surface area contributed by atoms with Crippen LogP contribution in [0.2, 0.25) is 0 Å². The maximum absolute atomic E-state index is 12.1. The zero-order valence-electron chi connectivity index (χ0n) is 13.5. The predicted octanol–water partition coefficient (Wildman–Crippen LogP) is 2.27. The monoisotopic (exact) mass is 347 g/mol. The first-order valence-electron chi connectivity index (χ1n) is 6.80. The molecule has 0 bridgehead atoms. The van der Waals surface area contributed by atoms with E-state index in [4.69, 9.17) is 4.74 Å². The van der Waals surface area contributed by atoms with Crippen LogP contribution in [0.3, 0.4) is 0 Å². The maximum Gasteiger partial charge on any atom is 0.402 e. The van der Waals surface area contributed by atoms with Gasteiger partial charge in [-0.2, -0.15) is 13.2 Å². The smallest absolute Gasteiger partial charge is 0.402 e. The molecule has 0 aliphatic rings. The summed E-state index contributed by atoms with van der Waals surface area (Å²) < 4.78 is 64.2. The zero-order chi connectivity index (χ0) is 17.8. The number of carbonyl (C=O) groups is 1. The second-order valence-corrected chi connectivity index (χ2v) is 8.59. The molecule has 0 radical (unpaired) electrons. The number of hydrogen-bond acceptors (Lipinski definition) is 5. The van der Waals surface area contributed by atoms with E-state index in [-0.39, 0.29) is 6.61 Å². The van der Waals surface area contributed by atoms with Crippen LogP contribution in [-0.4, -0.2) is 44.3 Å². The number of rotatable bonds is 8. The van der Waals surface area contributed by atoms with Crippen molar-refractivity contribution < 1.29 is 31.1 Å². The lowest BCUT2D eigenvalue weighted by molar-refractivity contribution is -0.156. The molecule has 0 aromatic rings. The highest BCUT2D eigenvalue weighted by atomic mass is 32.2. The van der Waals surface area contributed by atoms with Crippen LogP contribution in [0.15, 0.2) is 0 Å². The minimum absolute atomic E-state index is 0.142. The van der Waals surface area contributed by atoms with Crippen molar-refractivity contribution in [3.8, 4) is 0 Å². The van der Waals surface area contributed by atoms with Gasteiger partial charge in [-0.1, -0.05) is 6.92 Å². The van der Waals surface area contributed by atoms with Crippen LogP contribution in [0.25, 0.3) is 0 Å². The number of esters is 1. The van der Waals surface area contributed by atoms with Crippen molar-refractivity contribution in [3.63, 3.8) is 0 Å². The van der Waals surface area contributed by atoms with E-state index in [1.165, 1.54) is 0 Å². The lowest BCUT2D eigenvalue weighted by Crippen LogP contribution is -2.48. The van der Waals surface area contributed by atoms with Gasteiger partial charge in [-0.3, -0.25) is 10.1 Å². The van der Waals surface area contributed by atoms with Crippen LogP contribution in [0.4, 0.5) is 13.2 Å². The molecule has 0 unspecified atom stereocenters. The normalized spacial score (nSPS) is 14.0. The Hall–Kier alpha value is -0.830. The van der Waals surface area contributed by atoms with Crippen molar-refractivity contribution in [3.05, 3.63) is 0 Å². The van der Waals surface area contributed by atoms with Crippen molar-refractivity contribution in [1.29, 1.82) is 0 Å². The van der Waals surface area contributed by atoms with Gasteiger partial charge in [0.2, 0.25) is 0 Å². The van der Waals surface area contributed by atoms with Crippen molar-refractivity contribution in [2.24, 2.45) is 5.41 Å². The van der Waals surface area contributed by atoms with E-state index < -0.39 is 44.6 Å². The number of alkyl halides is 3. The SMILES string of the molecule is CCC(C)(C)C(=O)OCC(C)(C)NCS(=O)(=O)CC(F)(F)F. The zero-order valence-corrected chi connectivity index (χ0v) is 14.3. The quantitative estimate of drug-likeness (QED) is 0.682. The van der Waals surface area contributed by atoms with Crippen molar-refractivity contribution in [2.75, 3.05) is 18.2 Å². The molecule has 0 rings (SSSR count). The van der Waals surface area contributed by atoms with E-state index in [9.17, 15) is 26.4 Å². The molecular formula is C13H24F3NO4S. The van der Waals surface area contributed by atoms with Crippen LogP contribution in [0, 0.1) is 5.41 Å². The van der Waals surface area contributed by atoms with Gasteiger partial charge in [0.25, 0.3) is 0 Å². The Labute approximate surface area is 129 Å². The number of sulfone groups is 1. The Kier molecular flexibility index (Phi) is 6.89. The topological polar surface area (TPSA) is 72.5 Å². The molecule has 1 N–H and O–H groups in total. The van der Waals surface area contributed by atoms with Crippen LogP contribution in [0.1, 0.15) is 41.0 Å². The number of hydrogen-bond donors (Lipinski definition) is 1.